The lowest BCUT2D eigenvalue weighted by Crippen LogP contribution is -2.43. The number of esters is 3. The van der Waals surface area contributed by atoms with Crippen molar-refractivity contribution in [3.63, 3.8) is 0 Å². The Labute approximate surface area is 224 Å². The molecule has 1 aliphatic heterocycles. The molecule has 0 radical (unpaired) electrons. The fraction of sp³-hybridized carbons (Fsp3) is 0.346. The highest BCUT2D eigenvalue weighted by Gasteiger charge is 2.28. The Hall–Kier alpha value is -4.65. The van der Waals surface area contributed by atoms with Crippen LogP contribution in [-0.2, 0) is 39.8 Å². The number of aliphatic hydroxyl groups excluding tert-OH is 1. The normalized spacial score (nSPS) is 17.7. The molecule has 2 unspecified atom stereocenters. The smallest absolute Gasteiger partial charge is 0.364 e. The van der Waals surface area contributed by atoms with Gasteiger partial charge in [-0.2, -0.15) is 5.10 Å². The maximum Gasteiger partial charge on any atom is 0.364 e. The number of nitrogens with zero attached hydrogens (tertiary/aromatic N) is 1. The van der Waals surface area contributed by atoms with E-state index in [4.69, 9.17) is 14.2 Å². The van der Waals surface area contributed by atoms with Gasteiger partial charge in [-0.05, 0) is 30.2 Å². The van der Waals surface area contributed by atoms with E-state index in [2.05, 4.69) is 33.1 Å². The number of rotatable bonds is 13. The number of hydrogen-bond acceptors (Lipinski definition) is 12. The molecule has 2 aliphatic rings. The van der Waals surface area contributed by atoms with Gasteiger partial charge in [-0.15, -0.1) is 0 Å². The molecule has 0 saturated carbocycles. The molecule has 13 heteroatoms. The van der Waals surface area contributed by atoms with Crippen molar-refractivity contribution in [1.82, 2.24) is 16.0 Å². The highest BCUT2D eigenvalue weighted by Crippen LogP contribution is 2.19. The summed E-state index contributed by atoms with van der Waals surface area (Å²) in [5.41, 5.74) is 4.84. The van der Waals surface area contributed by atoms with Crippen molar-refractivity contribution < 1.29 is 38.5 Å². The van der Waals surface area contributed by atoms with Crippen molar-refractivity contribution >= 4 is 35.2 Å². The van der Waals surface area contributed by atoms with E-state index in [0.29, 0.717) is 29.9 Å². The minimum absolute atomic E-state index is 0.159. The summed E-state index contributed by atoms with van der Waals surface area (Å²) in [5, 5.41) is 22.0. The number of benzene rings is 1. The Morgan fingerprint density at radius 2 is 1.79 bits per heavy atom. The average molecular weight is 542 g/mol. The molecule has 1 aromatic rings. The molecule has 1 saturated heterocycles. The van der Waals surface area contributed by atoms with Gasteiger partial charge in [0.2, 0.25) is 12.1 Å². The number of carbonyl (C=O) groups excluding carboxylic acids is 4. The quantitative estimate of drug-likeness (QED) is 0.0443. The van der Waals surface area contributed by atoms with Gasteiger partial charge >= 0.3 is 17.9 Å². The van der Waals surface area contributed by atoms with E-state index in [9.17, 15) is 24.3 Å². The summed E-state index contributed by atoms with van der Waals surface area (Å²) in [6.45, 7) is 4.75. The van der Waals surface area contributed by atoms with Gasteiger partial charge in [0.25, 0.3) is 5.91 Å². The fourth-order valence-electron chi connectivity index (χ4n) is 3.49. The number of fused-ring (bicyclic) bond motifs is 1. The molecule has 1 aliphatic carbocycles. The van der Waals surface area contributed by atoms with Gasteiger partial charge in [-0.25, -0.2) is 9.59 Å². The number of aliphatic hydroxyl groups is 1. The summed E-state index contributed by atoms with van der Waals surface area (Å²) in [5.74, 6) is -2.74. The van der Waals surface area contributed by atoms with E-state index >= 15 is 0 Å². The van der Waals surface area contributed by atoms with E-state index in [1.54, 1.807) is 43.3 Å². The van der Waals surface area contributed by atoms with Crippen LogP contribution in [0.2, 0.25) is 0 Å². The van der Waals surface area contributed by atoms with Crippen LogP contribution in [0.3, 0.4) is 0 Å². The summed E-state index contributed by atoms with van der Waals surface area (Å²) < 4.78 is 14.9. The van der Waals surface area contributed by atoms with Crippen LogP contribution >= 0.6 is 0 Å². The second-order valence-electron chi connectivity index (χ2n) is 8.31. The van der Waals surface area contributed by atoms with Gasteiger partial charge < -0.3 is 35.3 Å². The summed E-state index contributed by atoms with van der Waals surface area (Å²) in [4.78, 5) is 48.2. The van der Waals surface area contributed by atoms with Gasteiger partial charge in [0.1, 0.15) is 13.2 Å². The van der Waals surface area contributed by atoms with E-state index in [1.807, 2.05) is 0 Å². The van der Waals surface area contributed by atoms with Crippen molar-refractivity contribution in [3.8, 4) is 0 Å². The molecule has 13 nitrogen and oxygen atoms in total. The largest absolute Gasteiger partial charge is 0.462 e. The third kappa shape index (κ3) is 9.00. The number of carbonyl (C=O) groups is 4. The SMILES string of the molecule is C=CC(=O)OCCc1ccc(N/N=C(/C(=O)NC2C=C3NC(O)NC3=CC2)C(=O)OCCOC(=O)CC)cc1. The maximum absolute atomic E-state index is 13.0. The van der Waals surface area contributed by atoms with Crippen molar-refractivity contribution in [2.75, 3.05) is 25.2 Å². The van der Waals surface area contributed by atoms with E-state index in [0.717, 1.165) is 11.6 Å². The number of anilines is 1. The fourth-order valence-corrected chi connectivity index (χ4v) is 3.49. The van der Waals surface area contributed by atoms with Gasteiger partial charge in [0.05, 0.1) is 29.7 Å². The highest BCUT2D eigenvalue weighted by molar-refractivity contribution is 6.64. The van der Waals surface area contributed by atoms with Crippen LogP contribution in [0.1, 0.15) is 25.3 Å². The zero-order valence-electron chi connectivity index (χ0n) is 21.4. The first-order chi connectivity index (χ1) is 18.8. The first-order valence-electron chi connectivity index (χ1n) is 12.3. The minimum atomic E-state index is -1.01. The summed E-state index contributed by atoms with van der Waals surface area (Å²) >= 11 is 0. The summed E-state index contributed by atoms with van der Waals surface area (Å²) in [7, 11) is 0. The predicted molar refractivity (Wildman–Crippen MR) is 140 cm³/mol. The summed E-state index contributed by atoms with van der Waals surface area (Å²) in [6.07, 6.45) is 4.76. The third-order valence-corrected chi connectivity index (χ3v) is 5.46. The molecule has 2 atom stereocenters. The predicted octanol–water partition coefficient (Wildman–Crippen LogP) is 0.348. The maximum atomic E-state index is 13.0. The van der Waals surface area contributed by atoms with Crippen molar-refractivity contribution in [2.24, 2.45) is 5.10 Å². The van der Waals surface area contributed by atoms with Gasteiger partial charge in [-0.1, -0.05) is 31.7 Å². The lowest BCUT2D eigenvalue weighted by Gasteiger charge is -2.19. The lowest BCUT2D eigenvalue weighted by atomic mass is 10.0. The van der Waals surface area contributed by atoms with Gasteiger partial charge in [0, 0.05) is 18.9 Å². The molecule has 0 aromatic heterocycles. The monoisotopic (exact) mass is 541 g/mol. The Kier molecular flexibility index (Phi) is 10.6. The molecule has 0 bridgehead atoms. The average Bonchev–Trinajstić information content (AvgIpc) is 3.30. The third-order valence-electron chi connectivity index (χ3n) is 5.46. The Balaban J connectivity index is 1.64. The summed E-state index contributed by atoms with van der Waals surface area (Å²) in [6, 6.07) is 6.43. The molecule has 1 aromatic carbocycles. The molecule has 3 rings (SSSR count). The van der Waals surface area contributed by atoms with Crippen LogP contribution in [0.4, 0.5) is 5.69 Å². The number of hydrogen-bond donors (Lipinski definition) is 5. The number of ether oxygens (including phenoxy) is 3. The van der Waals surface area contributed by atoms with Crippen LogP contribution in [0, 0.1) is 0 Å². The molecule has 1 amide bonds. The zero-order valence-corrected chi connectivity index (χ0v) is 21.4. The first kappa shape index (κ1) is 28.9. The Morgan fingerprint density at radius 3 is 2.51 bits per heavy atom. The van der Waals surface area contributed by atoms with E-state index < -0.39 is 41.9 Å². The molecular formula is C26H31N5O8. The number of hydrazone groups is 1. The van der Waals surface area contributed by atoms with Crippen molar-refractivity contribution in [2.45, 2.75) is 38.6 Å². The first-order valence-corrected chi connectivity index (χ1v) is 12.3. The topological polar surface area (TPSA) is 177 Å². The van der Waals surface area contributed by atoms with Crippen LogP contribution in [0.15, 0.2) is 65.6 Å². The van der Waals surface area contributed by atoms with Crippen LogP contribution in [-0.4, -0.2) is 66.8 Å². The molecule has 5 N–H and O–H groups in total. The lowest BCUT2D eigenvalue weighted by molar-refractivity contribution is -0.148. The Bertz CT molecular complexity index is 1180. The van der Waals surface area contributed by atoms with Crippen molar-refractivity contribution in [1.29, 1.82) is 0 Å². The minimum Gasteiger partial charge on any atom is -0.462 e. The van der Waals surface area contributed by atoms with E-state index in [1.165, 1.54) is 0 Å². The van der Waals surface area contributed by atoms with Crippen molar-refractivity contribution in [3.05, 3.63) is 66.0 Å². The molecule has 39 heavy (non-hydrogen) atoms. The second kappa shape index (κ2) is 14.3. The van der Waals surface area contributed by atoms with Crippen LogP contribution < -0.4 is 21.4 Å². The zero-order chi connectivity index (χ0) is 28.2. The van der Waals surface area contributed by atoms with Gasteiger partial charge in [0.15, 0.2) is 0 Å². The molecular weight excluding hydrogens is 510 g/mol. The molecule has 1 heterocycles. The Morgan fingerprint density at radius 1 is 1.08 bits per heavy atom. The van der Waals surface area contributed by atoms with Crippen LogP contribution in [0.25, 0.3) is 0 Å². The number of nitrogens with one attached hydrogen (secondary N) is 4. The van der Waals surface area contributed by atoms with E-state index in [-0.39, 0.29) is 26.2 Å². The molecule has 1 fully saturated rings. The standard InChI is InChI=1S/C26H31N5O8/c1-3-21(32)37-12-11-16-5-7-17(8-6-16)30-31-23(25(35)39-14-13-38-22(33)4-2)24(34)27-18-9-10-19-20(15-18)29-26(36)28-19/h3,5-8,10,15,18,26,28-30,36H,1,4,9,11-14H2,2H3,(H,27,34)/b31-23-. The second-order valence-corrected chi connectivity index (χ2v) is 8.31. The molecule has 0 spiro atoms. The van der Waals surface area contributed by atoms with Crippen LogP contribution in [0.5, 0.6) is 0 Å². The van der Waals surface area contributed by atoms with Gasteiger partial charge in [-0.3, -0.25) is 15.0 Å². The number of amides is 1. The highest BCUT2D eigenvalue weighted by atomic mass is 16.6. The molecule has 208 valence electrons.